The molecule has 2 aliphatic rings. The molecule has 0 amide bonds. The molecule has 2 heterocycles. The first kappa shape index (κ1) is 8.48. The van der Waals surface area contributed by atoms with Crippen molar-refractivity contribution in [1.82, 2.24) is 0 Å². The van der Waals surface area contributed by atoms with Gasteiger partial charge in [-0.05, 0) is 12.8 Å². The van der Waals surface area contributed by atoms with Gasteiger partial charge in [0.05, 0.1) is 12.7 Å². The average Bonchev–Trinajstić information content (AvgIpc) is 2.17. The smallest absolute Gasteiger partial charge is 0.184 e. The molecule has 0 aliphatic carbocycles. The second kappa shape index (κ2) is 2.44. The predicted octanol–water partition coefficient (Wildman–Crippen LogP) is 0.765. The van der Waals surface area contributed by atoms with Gasteiger partial charge in [0, 0.05) is 5.41 Å². The van der Waals surface area contributed by atoms with E-state index in [2.05, 4.69) is 13.8 Å². The molecule has 3 nitrogen and oxygen atoms in total. The van der Waals surface area contributed by atoms with Crippen LogP contribution in [0, 0.1) is 11.3 Å². The Labute approximate surface area is 72.7 Å². The zero-order valence-electron chi connectivity index (χ0n) is 7.78. The van der Waals surface area contributed by atoms with Gasteiger partial charge in [0.1, 0.15) is 6.10 Å². The first-order chi connectivity index (χ1) is 5.56. The van der Waals surface area contributed by atoms with Gasteiger partial charge in [-0.2, -0.15) is 0 Å². The van der Waals surface area contributed by atoms with E-state index >= 15 is 0 Å². The number of fused-ring (bicyclic) bond motifs is 2. The van der Waals surface area contributed by atoms with Crippen LogP contribution in [0.5, 0.6) is 0 Å². The van der Waals surface area contributed by atoms with E-state index in [0.717, 1.165) is 0 Å². The summed E-state index contributed by atoms with van der Waals surface area (Å²) in [4.78, 5) is 0. The molecule has 5 atom stereocenters. The highest BCUT2D eigenvalue weighted by Crippen LogP contribution is 2.48. The SMILES string of the molecule is CC1COC2OC(C)C1(C)C2O. The van der Waals surface area contributed by atoms with Crippen LogP contribution in [0.15, 0.2) is 0 Å². The molecule has 2 aliphatic heterocycles. The molecule has 0 aromatic heterocycles. The maximum atomic E-state index is 9.86. The van der Waals surface area contributed by atoms with Gasteiger partial charge < -0.3 is 14.6 Å². The van der Waals surface area contributed by atoms with Crippen molar-refractivity contribution in [3.8, 4) is 0 Å². The molecule has 0 radical (unpaired) electrons. The fourth-order valence-electron chi connectivity index (χ4n) is 2.20. The monoisotopic (exact) mass is 172 g/mol. The highest BCUT2D eigenvalue weighted by Gasteiger charge is 2.57. The van der Waals surface area contributed by atoms with Crippen molar-refractivity contribution in [1.29, 1.82) is 0 Å². The van der Waals surface area contributed by atoms with Gasteiger partial charge in [-0.3, -0.25) is 0 Å². The van der Waals surface area contributed by atoms with Gasteiger partial charge in [-0.15, -0.1) is 0 Å². The second-order valence-corrected chi connectivity index (χ2v) is 4.19. The number of aliphatic hydroxyl groups excluding tert-OH is 1. The largest absolute Gasteiger partial charge is 0.387 e. The van der Waals surface area contributed by atoms with Crippen LogP contribution in [0.3, 0.4) is 0 Å². The first-order valence-corrected chi connectivity index (χ1v) is 4.52. The summed E-state index contributed by atoms with van der Waals surface area (Å²) >= 11 is 0. The lowest BCUT2D eigenvalue weighted by Gasteiger charge is -2.39. The quantitative estimate of drug-likeness (QED) is 0.586. The number of aliphatic hydroxyl groups is 1. The van der Waals surface area contributed by atoms with Crippen molar-refractivity contribution in [3.63, 3.8) is 0 Å². The summed E-state index contributed by atoms with van der Waals surface area (Å²) in [6.07, 6.45) is -0.757. The standard InChI is InChI=1S/C9H16O3/c1-5-4-11-8-7(10)9(5,3)6(2)12-8/h5-8,10H,4H2,1-3H3. The summed E-state index contributed by atoms with van der Waals surface area (Å²) in [5, 5.41) is 9.86. The Bertz CT molecular complexity index is 188. The minimum absolute atomic E-state index is 0.0926. The number of ether oxygens (including phenoxy) is 2. The minimum Gasteiger partial charge on any atom is -0.387 e. The summed E-state index contributed by atoms with van der Waals surface area (Å²) < 4.78 is 10.9. The Morgan fingerprint density at radius 3 is 2.67 bits per heavy atom. The molecule has 0 saturated carbocycles. The Balaban J connectivity index is 2.32. The molecule has 70 valence electrons. The molecule has 12 heavy (non-hydrogen) atoms. The Morgan fingerprint density at radius 1 is 1.42 bits per heavy atom. The van der Waals surface area contributed by atoms with E-state index < -0.39 is 6.10 Å². The highest BCUT2D eigenvalue weighted by molar-refractivity contribution is 5.00. The Morgan fingerprint density at radius 2 is 2.08 bits per heavy atom. The van der Waals surface area contributed by atoms with Gasteiger partial charge in [0.2, 0.25) is 0 Å². The van der Waals surface area contributed by atoms with Gasteiger partial charge in [-0.25, -0.2) is 0 Å². The Hall–Kier alpha value is -0.120. The van der Waals surface area contributed by atoms with Crippen LogP contribution in [-0.2, 0) is 9.47 Å². The van der Waals surface area contributed by atoms with E-state index in [-0.39, 0.29) is 17.8 Å². The average molecular weight is 172 g/mol. The van der Waals surface area contributed by atoms with E-state index in [1.54, 1.807) is 0 Å². The summed E-state index contributed by atoms with van der Waals surface area (Å²) in [6, 6.07) is 0. The summed E-state index contributed by atoms with van der Waals surface area (Å²) in [5.41, 5.74) is -0.122. The van der Waals surface area contributed by atoms with E-state index in [0.29, 0.717) is 12.5 Å². The van der Waals surface area contributed by atoms with Crippen LogP contribution in [-0.4, -0.2) is 30.2 Å². The molecule has 0 aromatic carbocycles. The van der Waals surface area contributed by atoms with Crippen LogP contribution in [0.2, 0.25) is 0 Å². The van der Waals surface area contributed by atoms with E-state index in [1.165, 1.54) is 0 Å². The molecule has 1 N–H and O–H groups in total. The summed E-state index contributed by atoms with van der Waals surface area (Å²) in [7, 11) is 0. The van der Waals surface area contributed by atoms with Crippen LogP contribution < -0.4 is 0 Å². The second-order valence-electron chi connectivity index (χ2n) is 4.19. The van der Waals surface area contributed by atoms with Gasteiger partial charge >= 0.3 is 0 Å². The van der Waals surface area contributed by atoms with E-state index in [1.807, 2.05) is 6.92 Å². The van der Waals surface area contributed by atoms with Crippen LogP contribution >= 0.6 is 0 Å². The van der Waals surface area contributed by atoms with Crippen molar-refractivity contribution in [2.75, 3.05) is 6.61 Å². The van der Waals surface area contributed by atoms with E-state index in [4.69, 9.17) is 9.47 Å². The molecule has 0 aromatic rings. The molecule has 2 bridgehead atoms. The van der Waals surface area contributed by atoms with Crippen molar-refractivity contribution < 1.29 is 14.6 Å². The Kier molecular flexibility index (Phi) is 1.72. The lowest BCUT2D eigenvalue weighted by atomic mass is 9.70. The topological polar surface area (TPSA) is 38.7 Å². The zero-order valence-corrected chi connectivity index (χ0v) is 7.78. The van der Waals surface area contributed by atoms with Crippen molar-refractivity contribution in [2.24, 2.45) is 11.3 Å². The fourth-order valence-corrected chi connectivity index (χ4v) is 2.20. The van der Waals surface area contributed by atoms with Crippen LogP contribution in [0.4, 0.5) is 0 Å². The summed E-state index contributed by atoms with van der Waals surface area (Å²) in [5.74, 6) is 0.362. The maximum Gasteiger partial charge on any atom is 0.184 e. The molecule has 3 heteroatoms. The van der Waals surface area contributed by atoms with Crippen molar-refractivity contribution in [3.05, 3.63) is 0 Å². The van der Waals surface area contributed by atoms with Crippen molar-refractivity contribution in [2.45, 2.75) is 39.3 Å². The molecule has 2 saturated heterocycles. The molecular weight excluding hydrogens is 156 g/mol. The lowest BCUT2D eigenvalue weighted by Crippen LogP contribution is -2.49. The molecule has 0 spiro atoms. The highest BCUT2D eigenvalue weighted by atomic mass is 16.7. The number of hydrogen-bond acceptors (Lipinski definition) is 3. The normalized spacial score (nSPS) is 59.0. The number of hydrogen-bond donors (Lipinski definition) is 1. The third kappa shape index (κ3) is 0.817. The van der Waals surface area contributed by atoms with Gasteiger partial charge in [0.15, 0.2) is 6.29 Å². The molecule has 5 unspecified atom stereocenters. The minimum atomic E-state index is -0.462. The van der Waals surface area contributed by atoms with E-state index in [9.17, 15) is 5.11 Å². The summed E-state index contributed by atoms with van der Waals surface area (Å²) in [6.45, 7) is 6.89. The first-order valence-electron chi connectivity index (χ1n) is 4.52. The van der Waals surface area contributed by atoms with Gasteiger partial charge in [-0.1, -0.05) is 13.8 Å². The number of rotatable bonds is 0. The molecule has 2 fully saturated rings. The van der Waals surface area contributed by atoms with Crippen molar-refractivity contribution >= 4 is 0 Å². The molecular formula is C9H16O3. The van der Waals surface area contributed by atoms with Gasteiger partial charge in [0.25, 0.3) is 0 Å². The van der Waals surface area contributed by atoms with Crippen LogP contribution in [0.25, 0.3) is 0 Å². The molecule has 2 rings (SSSR count). The zero-order chi connectivity index (χ0) is 8.93. The maximum absolute atomic E-state index is 9.86. The fraction of sp³-hybridized carbons (Fsp3) is 1.00. The van der Waals surface area contributed by atoms with Crippen LogP contribution in [0.1, 0.15) is 20.8 Å². The third-order valence-corrected chi connectivity index (χ3v) is 3.68. The predicted molar refractivity (Wildman–Crippen MR) is 43.6 cm³/mol. The third-order valence-electron chi connectivity index (χ3n) is 3.68. The lowest BCUT2D eigenvalue weighted by molar-refractivity contribution is -0.188.